The Balaban J connectivity index is 0.00000378. The van der Waals surface area contributed by atoms with E-state index in [2.05, 4.69) is 36.0 Å². The van der Waals surface area contributed by atoms with E-state index in [1.54, 1.807) is 0 Å². The van der Waals surface area contributed by atoms with Crippen molar-refractivity contribution < 1.29 is 159 Å². The summed E-state index contributed by atoms with van der Waals surface area (Å²) in [6.07, 6.45) is 1.85. The Morgan fingerprint density at radius 1 is 0.818 bits per heavy atom. The molecule has 2 aliphatic rings. The average Bonchev–Trinajstić information content (AvgIpc) is 3.02. The zero-order chi connectivity index (χ0) is 37.6. The summed E-state index contributed by atoms with van der Waals surface area (Å²) in [5.74, 6) is -2.48. The normalized spacial score (nSPS) is 15.5. The summed E-state index contributed by atoms with van der Waals surface area (Å²) in [7, 11) is -13.4. The van der Waals surface area contributed by atoms with Gasteiger partial charge in [-0.2, -0.15) is 44.6 Å². The van der Waals surface area contributed by atoms with Gasteiger partial charge in [0, 0.05) is 41.4 Å². The maximum Gasteiger partial charge on any atom is 1.00 e. The molecule has 1 heterocycles. The van der Waals surface area contributed by atoms with Crippen molar-refractivity contribution in [1.29, 1.82) is 0 Å². The average molecular weight is 896 g/mol. The van der Waals surface area contributed by atoms with E-state index in [1.807, 2.05) is 0 Å². The van der Waals surface area contributed by atoms with E-state index >= 15 is 0 Å². The molecule has 0 spiro atoms. The fourth-order valence-corrected chi connectivity index (χ4v) is 6.35. The van der Waals surface area contributed by atoms with Crippen LogP contribution in [0.1, 0.15) is 22.8 Å². The molecule has 2 aromatic carbocycles. The molecular formula is C27H22CuFN9Na3O11S3+3. The number of hydrogen-bond donors (Lipinski definition) is 6. The monoisotopic (exact) mass is 895 g/mol. The van der Waals surface area contributed by atoms with Gasteiger partial charge in [-0.3, -0.25) is 28.7 Å². The number of nitrogens with zero attached hydrogens (tertiary/aromatic N) is 6. The molecule has 55 heavy (non-hydrogen) atoms. The van der Waals surface area contributed by atoms with E-state index in [4.69, 9.17) is 5.73 Å². The van der Waals surface area contributed by atoms with Crippen LogP contribution in [-0.2, 0) is 52.2 Å². The molecule has 0 aliphatic heterocycles. The fraction of sp³-hybridized carbons (Fsp3) is 0.0741. The molecule has 0 unspecified atom stereocenters. The summed E-state index contributed by atoms with van der Waals surface area (Å²) < 4.78 is 114. The minimum Gasteiger partial charge on any atom is -0.368 e. The summed E-state index contributed by atoms with van der Waals surface area (Å²) in [5.41, 5.74) is 8.89. The van der Waals surface area contributed by atoms with Crippen molar-refractivity contribution in [1.82, 2.24) is 20.4 Å². The van der Waals surface area contributed by atoms with Crippen LogP contribution in [0.3, 0.4) is 0 Å². The van der Waals surface area contributed by atoms with Gasteiger partial charge in [-0.15, -0.1) is 10.2 Å². The number of nitrogen functional groups attached to an aromatic ring is 1. The Labute approximate surface area is 389 Å². The standard InChI is InChI=1S/C27H22FN9O11S3.Cu.3Na/c1-12-7-18(20(38)11-17(12)33-35-19-10-15(49(40,41)42)4-6-21(19)50(43,44)45)34-36-23-22(51(46,47)48)9-13-8-14(3-5-16(13)24(23)39)37(2)27-31-25(28)30-26(29)32-27;;;;/h3-11,33,35H,1-2H3,(H,40,41,42)(H,43,44,45)(H,46,47,48)(H2,29,30,31,32);;;;/q;;3*+1/b34-18-,36-23-;;;;. The number of ketones is 2. The van der Waals surface area contributed by atoms with Crippen molar-refractivity contribution in [2.75, 3.05) is 23.1 Å². The third kappa shape index (κ3) is 11.9. The summed E-state index contributed by atoms with van der Waals surface area (Å²) >= 11 is 0. The van der Waals surface area contributed by atoms with Gasteiger partial charge in [-0.05, 0) is 66.6 Å². The van der Waals surface area contributed by atoms with Crippen molar-refractivity contribution in [2.24, 2.45) is 10.2 Å². The summed E-state index contributed by atoms with van der Waals surface area (Å²) in [4.78, 5) is 35.7. The molecule has 1 aromatic heterocycles. The number of aromatic nitrogens is 3. The third-order valence-electron chi connectivity index (χ3n) is 7.02. The molecule has 3 aromatic rings. The third-order valence-corrected chi connectivity index (χ3v) is 9.64. The van der Waals surface area contributed by atoms with E-state index in [9.17, 15) is 52.9 Å². The zero-order valence-electron chi connectivity index (χ0n) is 29.0. The molecule has 0 atom stereocenters. The van der Waals surface area contributed by atoms with E-state index in [-0.39, 0.29) is 140 Å². The number of carbonyl (C=O) groups is 2. The van der Waals surface area contributed by atoms with Crippen molar-refractivity contribution in [3.8, 4) is 0 Å². The molecule has 0 saturated heterocycles. The van der Waals surface area contributed by atoms with Gasteiger partial charge in [0.15, 0.2) is 5.71 Å². The second-order valence-electron chi connectivity index (χ2n) is 10.4. The Kier molecular flexibility index (Phi) is 17.9. The number of halogens is 1. The predicted molar refractivity (Wildman–Crippen MR) is 177 cm³/mol. The van der Waals surface area contributed by atoms with Crippen LogP contribution in [0, 0.1) is 6.08 Å². The number of anilines is 4. The first kappa shape index (κ1) is 50.7. The number of rotatable bonds is 9. The molecular weight excluding hydrogens is 874 g/mol. The second kappa shape index (κ2) is 19.5. The molecule has 28 heteroatoms. The van der Waals surface area contributed by atoms with Crippen LogP contribution in [0.5, 0.6) is 0 Å². The Hall–Kier alpha value is -2.27. The van der Waals surface area contributed by atoms with Crippen LogP contribution in [0.15, 0.2) is 84.7 Å². The van der Waals surface area contributed by atoms with E-state index in [0.29, 0.717) is 12.1 Å². The molecule has 0 saturated carbocycles. The Bertz CT molecular complexity index is 2550. The van der Waals surface area contributed by atoms with Gasteiger partial charge >= 0.3 is 94.8 Å². The number of nitrogens with two attached hydrogens (primary N) is 1. The van der Waals surface area contributed by atoms with Crippen LogP contribution < -0.4 is 110 Å². The molecule has 277 valence electrons. The van der Waals surface area contributed by atoms with Gasteiger partial charge in [0.1, 0.15) is 15.5 Å². The number of fused-ring (bicyclic) bond motifs is 1. The second-order valence-corrected chi connectivity index (χ2v) is 14.6. The van der Waals surface area contributed by atoms with Crippen LogP contribution >= 0.6 is 0 Å². The van der Waals surface area contributed by atoms with Gasteiger partial charge in [-0.1, -0.05) is 0 Å². The first-order valence-electron chi connectivity index (χ1n) is 13.6. The van der Waals surface area contributed by atoms with Crippen molar-refractivity contribution in [2.45, 2.75) is 16.7 Å². The summed E-state index contributed by atoms with van der Waals surface area (Å²) in [6.45, 7) is 1.44. The minimum absolute atomic E-state index is 0. The Morgan fingerprint density at radius 2 is 1.47 bits per heavy atom. The van der Waals surface area contributed by atoms with Crippen molar-refractivity contribution in [3.05, 3.63) is 81.9 Å². The maximum atomic E-state index is 13.7. The molecule has 2 aliphatic carbocycles. The summed E-state index contributed by atoms with van der Waals surface area (Å²) in [5, 5.41) is 7.41. The quantitative estimate of drug-likeness (QED) is 0.0503. The number of nitrogens with one attached hydrogen (secondary N) is 2. The number of benzene rings is 2. The molecule has 20 nitrogen and oxygen atoms in total. The first-order chi connectivity index (χ1) is 23.6. The fourth-order valence-electron chi connectivity index (χ4n) is 4.56. The maximum absolute atomic E-state index is 13.7. The molecule has 1 radical (unpaired) electrons. The van der Waals surface area contributed by atoms with Crippen LogP contribution in [-0.4, -0.2) is 83.9 Å². The van der Waals surface area contributed by atoms with E-state index in [1.165, 1.54) is 37.1 Å². The Morgan fingerprint density at radius 3 is 2.05 bits per heavy atom. The minimum atomic E-state index is -5.11. The number of hydrogen-bond acceptors (Lipinski definition) is 17. The number of hydrazine groups is 1. The zero-order valence-corrected chi connectivity index (χ0v) is 38.4. The molecule has 0 amide bonds. The first-order valence-corrected chi connectivity index (χ1v) is 18.0. The van der Waals surface area contributed by atoms with E-state index < -0.39 is 85.8 Å². The largest absolute Gasteiger partial charge is 1.00 e. The van der Waals surface area contributed by atoms with Gasteiger partial charge in [0.2, 0.25) is 23.5 Å². The SMILES string of the molecule is CC1=C/C(=N/N=C2\C(=O)c3ccc(N(C)c4nc(N)nc(F)n4)cc3C=C2S(=O)(=O)O)C(=O)C=C1NNc1cc(S(=O)(=O)O)ccc1S(=O)(=O)O.[Cu].[Na+].[Na+].[Na+]. The van der Waals surface area contributed by atoms with Gasteiger partial charge < -0.3 is 16.1 Å². The summed E-state index contributed by atoms with van der Waals surface area (Å²) in [6, 6.07) is 6.14. The van der Waals surface area contributed by atoms with Crippen LogP contribution in [0.4, 0.5) is 27.7 Å². The smallest absolute Gasteiger partial charge is 0.368 e. The van der Waals surface area contributed by atoms with Gasteiger partial charge in [0.25, 0.3) is 30.4 Å². The topological polar surface area (TPSA) is 314 Å². The molecule has 5 rings (SSSR count). The van der Waals surface area contributed by atoms with E-state index in [0.717, 1.165) is 24.3 Å². The number of allylic oxidation sites excluding steroid dienone is 4. The van der Waals surface area contributed by atoms with Crippen LogP contribution in [0.2, 0.25) is 0 Å². The molecule has 0 bridgehead atoms. The van der Waals surface area contributed by atoms with Gasteiger partial charge in [-0.25, -0.2) is 0 Å². The number of carbonyl (C=O) groups excluding carboxylic acids is 2. The predicted octanol–water partition coefficient (Wildman–Crippen LogP) is -7.88. The van der Waals surface area contributed by atoms with Crippen LogP contribution in [0.25, 0.3) is 6.08 Å². The molecule has 7 N–H and O–H groups in total. The van der Waals surface area contributed by atoms with Crippen molar-refractivity contribution >= 4 is 82.7 Å². The van der Waals surface area contributed by atoms with Crippen molar-refractivity contribution in [3.63, 3.8) is 0 Å². The number of Topliss-reactive ketones (excluding diaryl/α,β-unsaturated/α-hetero) is 1. The molecule has 0 fully saturated rings. The van der Waals surface area contributed by atoms with Gasteiger partial charge in [0.05, 0.1) is 16.3 Å².